The van der Waals surface area contributed by atoms with Crippen molar-refractivity contribution < 1.29 is 9.18 Å². The predicted octanol–water partition coefficient (Wildman–Crippen LogP) is 2.21. The third-order valence-corrected chi connectivity index (χ3v) is 3.78. The number of halogens is 1. The molecule has 110 valence electrons. The van der Waals surface area contributed by atoms with Crippen LogP contribution in [-0.2, 0) is 0 Å². The van der Waals surface area contributed by atoms with Gasteiger partial charge in [-0.1, -0.05) is 0 Å². The molecule has 1 aromatic heterocycles. The molecule has 0 unspecified atom stereocenters. The lowest BCUT2D eigenvalue weighted by molar-refractivity contribution is 0.0809. The van der Waals surface area contributed by atoms with Crippen LogP contribution in [0.25, 0.3) is 0 Å². The van der Waals surface area contributed by atoms with E-state index >= 15 is 0 Å². The van der Waals surface area contributed by atoms with Crippen molar-refractivity contribution in [1.29, 1.82) is 0 Å². The molecule has 0 aromatic carbocycles. The van der Waals surface area contributed by atoms with Gasteiger partial charge in [0.25, 0.3) is 5.91 Å². The highest BCUT2D eigenvalue weighted by atomic mass is 19.1. The molecule has 1 N–H and O–H groups in total. The average molecular weight is 279 g/mol. The second kappa shape index (κ2) is 5.87. The summed E-state index contributed by atoms with van der Waals surface area (Å²) in [7, 11) is 0. The SMILES string of the molecule is CC(C)(C)N1CCC(NC(=O)c2cccnc2F)CC1. The summed E-state index contributed by atoms with van der Waals surface area (Å²) in [5.74, 6) is -1.08. The molecule has 0 saturated carbocycles. The standard InChI is InChI=1S/C15H22FN3O/c1-15(2,3)19-9-6-11(7-10-19)18-14(20)12-5-4-8-17-13(12)16/h4-5,8,11H,6-7,9-10H2,1-3H3,(H,18,20). The van der Waals surface area contributed by atoms with E-state index in [0.717, 1.165) is 25.9 Å². The number of piperidine rings is 1. The smallest absolute Gasteiger partial charge is 0.256 e. The largest absolute Gasteiger partial charge is 0.349 e. The molecule has 1 saturated heterocycles. The van der Waals surface area contributed by atoms with Gasteiger partial charge in [-0.2, -0.15) is 4.39 Å². The number of likely N-dealkylation sites (tertiary alicyclic amines) is 1. The number of nitrogens with one attached hydrogen (secondary N) is 1. The van der Waals surface area contributed by atoms with Gasteiger partial charge < -0.3 is 5.32 Å². The Hall–Kier alpha value is -1.49. The summed E-state index contributed by atoms with van der Waals surface area (Å²) in [6, 6.07) is 3.14. The lowest BCUT2D eigenvalue weighted by Crippen LogP contribution is -2.50. The van der Waals surface area contributed by atoms with Crippen molar-refractivity contribution in [3.8, 4) is 0 Å². The van der Waals surface area contributed by atoms with Gasteiger partial charge in [0.05, 0.1) is 5.56 Å². The maximum absolute atomic E-state index is 13.4. The van der Waals surface area contributed by atoms with Gasteiger partial charge in [0, 0.05) is 30.9 Å². The lowest BCUT2D eigenvalue weighted by Gasteiger charge is -2.41. The number of aromatic nitrogens is 1. The van der Waals surface area contributed by atoms with Crippen LogP contribution in [0.1, 0.15) is 44.0 Å². The molecule has 4 nitrogen and oxygen atoms in total. The Kier molecular flexibility index (Phi) is 4.38. The molecule has 1 fully saturated rings. The highest BCUT2D eigenvalue weighted by molar-refractivity contribution is 5.94. The van der Waals surface area contributed by atoms with E-state index in [2.05, 4.69) is 36.0 Å². The fraction of sp³-hybridized carbons (Fsp3) is 0.600. The van der Waals surface area contributed by atoms with Gasteiger partial charge in [-0.3, -0.25) is 9.69 Å². The van der Waals surface area contributed by atoms with Crippen LogP contribution >= 0.6 is 0 Å². The van der Waals surface area contributed by atoms with Crippen molar-refractivity contribution in [3.63, 3.8) is 0 Å². The minimum absolute atomic E-state index is 0.0192. The van der Waals surface area contributed by atoms with Gasteiger partial charge in [0.15, 0.2) is 0 Å². The van der Waals surface area contributed by atoms with Gasteiger partial charge in [-0.25, -0.2) is 4.98 Å². The highest BCUT2D eigenvalue weighted by Gasteiger charge is 2.28. The molecule has 1 aliphatic rings. The Morgan fingerprint density at radius 3 is 2.60 bits per heavy atom. The van der Waals surface area contributed by atoms with Gasteiger partial charge in [0.2, 0.25) is 5.95 Å². The zero-order valence-electron chi connectivity index (χ0n) is 12.3. The second-order valence-electron chi connectivity index (χ2n) is 6.25. The quantitative estimate of drug-likeness (QED) is 0.844. The minimum Gasteiger partial charge on any atom is -0.349 e. The van der Waals surface area contributed by atoms with Gasteiger partial charge in [-0.15, -0.1) is 0 Å². The van der Waals surface area contributed by atoms with E-state index in [9.17, 15) is 9.18 Å². The van der Waals surface area contributed by atoms with Crippen molar-refractivity contribution in [1.82, 2.24) is 15.2 Å². The molecule has 0 aliphatic carbocycles. The maximum Gasteiger partial charge on any atom is 0.256 e. The van der Waals surface area contributed by atoms with Crippen LogP contribution in [0.5, 0.6) is 0 Å². The fourth-order valence-electron chi connectivity index (χ4n) is 2.51. The van der Waals surface area contributed by atoms with E-state index in [-0.39, 0.29) is 23.1 Å². The van der Waals surface area contributed by atoms with Crippen LogP contribution in [0.2, 0.25) is 0 Å². The number of carbonyl (C=O) groups is 1. The number of amides is 1. The van der Waals surface area contributed by atoms with E-state index in [1.165, 1.54) is 12.3 Å². The predicted molar refractivity (Wildman–Crippen MR) is 76.0 cm³/mol. The maximum atomic E-state index is 13.4. The Labute approximate surface area is 119 Å². The Morgan fingerprint density at radius 1 is 1.40 bits per heavy atom. The van der Waals surface area contributed by atoms with Crippen LogP contribution in [0.4, 0.5) is 4.39 Å². The van der Waals surface area contributed by atoms with Crippen molar-refractivity contribution in [3.05, 3.63) is 29.8 Å². The number of pyridine rings is 1. The second-order valence-corrected chi connectivity index (χ2v) is 6.25. The first-order valence-corrected chi connectivity index (χ1v) is 7.04. The summed E-state index contributed by atoms with van der Waals surface area (Å²) in [5, 5.41) is 2.90. The Morgan fingerprint density at radius 2 is 2.05 bits per heavy atom. The Bertz CT molecular complexity index is 476. The molecule has 1 aliphatic heterocycles. The summed E-state index contributed by atoms with van der Waals surface area (Å²) in [4.78, 5) is 17.9. The summed E-state index contributed by atoms with van der Waals surface area (Å²) in [6.45, 7) is 8.47. The fourth-order valence-corrected chi connectivity index (χ4v) is 2.51. The molecule has 2 rings (SSSR count). The molecule has 0 spiro atoms. The molecule has 1 aromatic rings. The molecule has 2 heterocycles. The molecular weight excluding hydrogens is 257 g/mol. The van der Waals surface area contributed by atoms with Crippen LogP contribution < -0.4 is 5.32 Å². The van der Waals surface area contributed by atoms with E-state index in [0.29, 0.717) is 0 Å². The van der Waals surface area contributed by atoms with E-state index in [1.54, 1.807) is 6.07 Å². The molecular formula is C15H22FN3O. The van der Waals surface area contributed by atoms with Crippen molar-refractivity contribution in [2.45, 2.75) is 45.2 Å². The van der Waals surface area contributed by atoms with Crippen molar-refractivity contribution in [2.24, 2.45) is 0 Å². The molecule has 20 heavy (non-hydrogen) atoms. The molecule has 5 heteroatoms. The van der Waals surface area contributed by atoms with E-state index in [4.69, 9.17) is 0 Å². The van der Waals surface area contributed by atoms with Gasteiger partial charge in [0.1, 0.15) is 0 Å². The van der Waals surface area contributed by atoms with Gasteiger partial charge >= 0.3 is 0 Å². The monoisotopic (exact) mass is 279 g/mol. The zero-order chi connectivity index (χ0) is 14.8. The summed E-state index contributed by atoms with van der Waals surface area (Å²) >= 11 is 0. The molecule has 0 atom stereocenters. The number of carbonyl (C=O) groups excluding carboxylic acids is 1. The number of hydrogen-bond donors (Lipinski definition) is 1. The van der Waals surface area contributed by atoms with Crippen molar-refractivity contribution >= 4 is 5.91 Å². The lowest BCUT2D eigenvalue weighted by atomic mass is 9.98. The number of nitrogens with zero attached hydrogens (tertiary/aromatic N) is 2. The third kappa shape index (κ3) is 3.54. The van der Waals surface area contributed by atoms with Crippen molar-refractivity contribution in [2.75, 3.05) is 13.1 Å². The van der Waals surface area contributed by atoms with Crippen LogP contribution in [0, 0.1) is 5.95 Å². The molecule has 1 amide bonds. The summed E-state index contributed by atoms with van der Waals surface area (Å²) < 4.78 is 13.4. The normalized spacial score (nSPS) is 18.0. The van der Waals surface area contributed by atoms with Crippen LogP contribution in [0.15, 0.2) is 18.3 Å². The topological polar surface area (TPSA) is 45.2 Å². The first-order valence-electron chi connectivity index (χ1n) is 7.04. The first kappa shape index (κ1) is 14.9. The molecule has 0 radical (unpaired) electrons. The minimum atomic E-state index is -0.711. The number of hydrogen-bond acceptors (Lipinski definition) is 3. The Balaban J connectivity index is 1.90. The van der Waals surface area contributed by atoms with Gasteiger partial charge in [-0.05, 0) is 45.7 Å². The zero-order valence-corrected chi connectivity index (χ0v) is 12.3. The highest BCUT2D eigenvalue weighted by Crippen LogP contribution is 2.20. The average Bonchev–Trinajstić information content (AvgIpc) is 2.38. The summed E-state index contributed by atoms with van der Waals surface area (Å²) in [5.41, 5.74) is 0.176. The van der Waals surface area contributed by atoms with E-state index < -0.39 is 5.95 Å². The third-order valence-electron chi connectivity index (χ3n) is 3.78. The van der Waals surface area contributed by atoms with Crippen LogP contribution in [-0.4, -0.2) is 40.5 Å². The summed E-state index contributed by atoms with van der Waals surface area (Å²) in [6.07, 6.45) is 3.13. The number of rotatable bonds is 2. The van der Waals surface area contributed by atoms with E-state index in [1.807, 2.05) is 0 Å². The first-order chi connectivity index (χ1) is 9.38. The molecule has 0 bridgehead atoms. The van der Waals surface area contributed by atoms with Crippen LogP contribution in [0.3, 0.4) is 0 Å².